The van der Waals surface area contributed by atoms with Crippen LogP contribution in [0, 0.1) is 0 Å². The molecule has 1 heterocycles. The van der Waals surface area contributed by atoms with Gasteiger partial charge < -0.3 is 15.0 Å². The van der Waals surface area contributed by atoms with E-state index in [-0.39, 0.29) is 17.7 Å². The summed E-state index contributed by atoms with van der Waals surface area (Å²) in [4.78, 5) is 18.2. The standard InChI is InChI=1S/C17H23FN6O/c1-17(2,18)14-21-15(23-16(22-14)20-12-24(3)4)19-10-11-25-13-8-6-5-7-9-13/h5-9,12H,10-11H2,1-4H3,(H,19,21,22,23). The maximum atomic E-state index is 14.2. The number of anilines is 1. The van der Waals surface area contributed by atoms with Crippen LogP contribution in [0.3, 0.4) is 0 Å². The van der Waals surface area contributed by atoms with Crippen molar-refractivity contribution < 1.29 is 9.13 Å². The van der Waals surface area contributed by atoms with Crippen molar-refractivity contribution in [3.05, 3.63) is 36.2 Å². The maximum Gasteiger partial charge on any atom is 0.255 e. The van der Waals surface area contributed by atoms with Crippen molar-refractivity contribution in [3.8, 4) is 5.75 Å². The van der Waals surface area contributed by atoms with Gasteiger partial charge in [0.2, 0.25) is 5.95 Å². The number of hydrogen-bond acceptors (Lipinski definition) is 6. The summed E-state index contributed by atoms with van der Waals surface area (Å²) in [5.41, 5.74) is -1.69. The van der Waals surface area contributed by atoms with E-state index in [1.807, 2.05) is 44.4 Å². The van der Waals surface area contributed by atoms with Crippen LogP contribution < -0.4 is 10.1 Å². The molecule has 0 aliphatic rings. The quantitative estimate of drug-likeness (QED) is 0.450. The van der Waals surface area contributed by atoms with Gasteiger partial charge in [0.05, 0.1) is 12.9 Å². The van der Waals surface area contributed by atoms with Crippen LogP contribution in [0.25, 0.3) is 0 Å². The molecule has 2 aromatic rings. The van der Waals surface area contributed by atoms with Crippen LogP contribution in [0.1, 0.15) is 19.7 Å². The van der Waals surface area contributed by atoms with Gasteiger partial charge in [0.25, 0.3) is 5.95 Å². The Kier molecular flexibility index (Phi) is 6.21. The van der Waals surface area contributed by atoms with Crippen LogP contribution in [-0.2, 0) is 5.67 Å². The summed E-state index contributed by atoms with van der Waals surface area (Å²) in [6.07, 6.45) is 1.55. The predicted molar refractivity (Wildman–Crippen MR) is 96.2 cm³/mol. The fourth-order valence-electron chi connectivity index (χ4n) is 1.78. The average molecular weight is 346 g/mol. The minimum absolute atomic E-state index is 0.0277. The summed E-state index contributed by atoms with van der Waals surface area (Å²) >= 11 is 0. The van der Waals surface area contributed by atoms with E-state index in [0.29, 0.717) is 13.2 Å². The zero-order valence-electron chi connectivity index (χ0n) is 14.9. The van der Waals surface area contributed by atoms with E-state index in [1.54, 1.807) is 11.2 Å². The highest BCUT2D eigenvalue weighted by Gasteiger charge is 2.24. The first kappa shape index (κ1) is 18.6. The van der Waals surface area contributed by atoms with Crippen LogP contribution >= 0.6 is 0 Å². The third kappa shape index (κ3) is 6.33. The van der Waals surface area contributed by atoms with Gasteiger partial charge in [0.15, 0.2) is 11.5 Å². The average Bonchev–Trinajstić information content (AvgIpc) is 2.57. The number of halogens is 1. The summed E-state index contributed by atoms with van der Waals surface area (Å²) in [6, 6.07) is 9.48. The van der Waals surface area contributed by atoms with E-state index >= 15 is 0 Å². The SMILES string of the molecule is CN(C)C=Nc1nc(NCCOc2ccccc2)nc(C(C)(C)F)n1. The Morgan fingerprint density at radius 3 is 2.56 bits per heavy atom. The van der Waals surface area contributed by atoms with E-state index in [1.165, 1.54) is 13.8 Å². The van der Waals surface area contributed by atoms with E-state index in [9.17, 15) is 4.39 Å². The molecule has 0 spiro atoms. The minimum Gasteiger partial charge on any atom is -0.492 e. The van der Waals surface area contributed by atoms with Crippen molar-refractivity contribution in [1.29, 1.82) is 0 Å². The molecule has 0 bridgehead atoms. The molecule has 0 aliphatic carbocycles. The lowest BCUT2D eigenvalue weighted by Crippen LogP contribution is -2.19. The molecule has 1 aromatic heterocycles. The summed E-state index contributed by atoms with van der Waals surface area (Å²) < 4.78 is 19.8. The largest absolute Gasteiger partial charge is 0.492 e. The molecule has 0 radical (unpaired) electrons. The fraction of sp³-hybridized carbons (Fsp3) is 0.412. The van der Waals surface area contributed by atoms with Gasteiger partial charge in [-0.1, -0.05) is 18.2 Å². The van der Waals surface area contributed by atoms with Crippen molar-refractivity contribution in [2.24, 2.45) is 4.99 Å². The van der Waals surface area contributed by atoms with Crippen molar-refractivity contribution in [2.45, 2.75) is 19.5 Å². The first-order valence-corrected chi connectivity index (χ1v) is 7.92. The Balaban J connectivity index is 2.04. The first-order valence-electron chi connectivity index (χ1n) is 7.92. The highest BCUT2D eigenvalue weighted by molar-refractivity contribution is 5.58. The Bertz CT molecular complexity index is 700. The molecule has 0 saturated carbocycles. The van der Waals surface area contributed by atoms with Gasteiger partial charge in [-0.2, -0.15) is 15.0 Å². The normalized spacial score (nSPS) is 11.6. The lowest BCUT2D eigenvalue weighted by atomic mass is 10.1. The van der Waals surface area contributed by atoms with Gasteiger partial charge in [-0.25, -0.2) is 9.38 Å². The fourth-order valence-corrected chi connectivity index (χ4v) is 1.78. The van der Waals surface area contributed by atoms with Gasteiger partial charge in [-0.05, 0) is 26.0 Å². The highest BCUT2D eigenvalue weighted by atomic mass is 19.1. The lowest BCUT2D eigenvalue weighted by molar-refractivity contribution is 0.206. The molecule has 7 nitrogen and oxygen atoms in total. The maximum absolute atomic E-state index is 14.2. The molecule has 0 unspecified atom stereocenters. The number of aromatic nitrogens is 3. The summed E-state index contributed by atoms with van der Waals surface area (Å²) in [5, 5.41) is 3.01. The topological polar surface area (TPSA) is 75.5 Å². The molecule has 25 heavy (non-hydrogen) atoms. The second-order valence-corrected chi connectivity index (χ2v) is 6.05. The molecule has 0 atom stereocenters. The van der Waals surface area contributed by atoms with Crippen LogP contribution in [0.15, 0.2) is 35.3 Å². The van der Waals surface area contributed by atoms with E-state index in [2.05, 4.69) is 25.3 Å². The molecule has 8 heteroatoms. The van der Waals surface area contributed by atoms with Crippen molar-refractivity contribution in [3.63, 3.8) is 0 Å². The summed E-state index contributed by atoms with van der Waals surface area (Å²) in [7, 11) is 3.65. The number of hydrogen-bond donors (Lipinski definition) is 1. The van der Waals surface area contributed by atoms with Gasteiger partial charge in [-0.15, -0.1) is 0 Å². The second-order valence-electron chi connectivity index (χ2n) is 6.05. The number of alkyl halides is 1. The van der Waals surface area contributed by atoms with Gasteiger partial charge >= 0.3 is 0 Å². The molecule has 2 rings (SSSR count). The molecular formula is C17H23FN6O. The Labute approximate surface area is 147 Å². The van der Waals surface area contributed by atoms with Crippen molar-refractivity contribution in [2.75, 3.05) is 32.6 Å². The number of rotatable bonds is 8. The van der Waals surface area contributed by atoms with E-state index in [4.69, 9.17) is 4.74 Å². The van der Waals surface area contributed by atoms with Crippen LogP contribution in [0.2, 0.25) is 0 Å². The Hall–Kier alpha value is -2.77. The number of ether oxygens (including phenoxy) is 1. The van der Waals surface area contributed by atoms with Gasteiger partial charge in [-0.3, -0.25) is 0 Å². The van der Waals surface area contributed by atoms with Crippen LogP contribution in [0.4, 0.5) is 16.3 Å². The number of aliphatic imine (C=N–C) groups is 1. The number of nitrogens with one attached hydrogen (secondary N) is 1. The van der Waals surface area contributed by atoms with Crippen molar-refractivity contribution >= 4 is 18.2 Å². The van der Waals surface area contributed by atoms with Gasteiger partial charge in [0.1, 0.15) is 12.4 Å². The molecular weight excluding hydrogens is 323 g/mol. The highest BCUT2D eigenvalue weighted by Crippen LogP contribution is 2.23. The first-order chi connectivity index (χ1) is 11.8. The number of para-hydroxylation sites is 1. The predicted octanol–water partition coefficient (Wildman–Crippen LogP) is 2.79. The third-order valence-electron chi connectivity index (χ3n) is 2.96. The van der Waals surface area contributed by atoms with Crippen LogP contribution in [-0.4, -0.2) is 53.4 Å². The zero-order chi connectivity index (χ0) is 18.3. The molecule has 0 fully saturated rings. The lowest BCUT2D eigenvalue weighted by Gasteiger charge is -2.14. The number of benzene rings is 1. The second kappa shape index (κ2) is 8.36. The molecule has 0 saturated heterocycles. The minimum atomic E-state index is -1.69. The molecule has 1 N–H and O–H groups in total. The van der Waals surface area contributed by atoms with Gasteiger partial charge in [0, 0.05) is 14.1 Å². The smallest absolute Gasteiger partial charge is 0.255 e. The molecule has 0 aliphatic heterocycles. The van der Waals surface area contributed by atoms with E-state index < -0.39 is 5.67 Å². The molecule has 0 amide bonds. The monoisotopic (exact) mass is 346 g/mol. The van der Waals surface area contributed by atoms with Crippen LogP contribution in [0.5, 0.6) is 5.75 Å². The Morgan fingerprint density at radius 2 is 1.92 bits per heavy atom. The summed E-state index contributed by atoms with van der Waals surface area (Å²) in [6.45, 7) is 3.66. The molecule has 134 valence electrons. The number of nitrogens with zero attached hydrogens (tertiary/aromatic N) is 5. The molecule has 1 aromatic carbocycles. The Morgan fingerprint density at radius 1 is 1.20 bits per heavy atom. The van der Waals surface area contributed by atoms with Crippen molar-refractivity contribution in [1.82, 2.24) is 19.9 Å². The van der Waals surface area contributed by atoms with E-state index in [0.717, 1.165) is 5.75 Å². The zero-order valence-corrected chi connectivity index (χ0v) is 14.9. The summed E-state index contributed by atoms with van der Waals surface area (Å²) in [5.74, 6) is 1.22. The third-order valence-corrected chi connectivity index (χ3v) is 2.96.